The number of hydrogen-bond acceptors (Lipinski definition) is 9. The third kappa shape index (κ3) is 4.71. The Bertz CT molecular complexity index is 1060. The molecule has 5 rings (SSSR count). The normalized spacial score (nSPS) is 16.6. The molecule has 1 aliphatic heterocycles. The van der Waals surface area contributed by atoms with E-state index in [2.05, 4.69) is 20.8 Å². The maximum atomic E-state index is 12.9. The Morgan fingerprint density at radius 3 is 2.78 bits per heavy atom. The van der Waals surface area contributed by atoms with E-state index in [1.54, 1.807) is 6.26 Å². The fourth-order valence-electron chi connectivity index (χ4n) is 4.15. The minimum Gasteiger partial charge on any atom is -0.486 e. The highest BCUT2D eigenvalue weighted by Gasteiger charge is 2.37. The molecule has 1 amide bonds. The molecule has 2 aliphatic rings. The summed E-state index contributed by atoms with van der Waals surface area (Å²) in [6, 6.07) is 9.76. The van der Waals surface area contributed by atoms with Crippen LogP contribution in [0.5, 0.6) is 11.5 Å². The van der Waals surface area contributed by atoms with E-state index in [1.165, 1.54) is 23.1 Å². The number of thioether (sulfide) groups is 1. The van der Waals surface area contributed by atoms with E-state index < -0.39 is 0 Å². The van der Waals surface area contributed by atoms with Crippen LogP contribution in [0.15, 0.2) is 45.4 Å². The van der Waals surface area contributed by atoms with Crippen LogP contribution in [-0.2, 0) is 16.9 Å². The zero-order chi connectivity index (χ0) is 21.8. The summed E-state index contributed by atoms with van der Waals surface area (Å²) in [5.74, 6) is 2.63. The van der Waals surface area contributed by atoms with Crippen LogP contribution in [0.2, 0.25) is 0 Å². The highest BCUT2D eigenvalue weighted by atomic mass is 32.2. The summed E-state index contributed by atoms with van der Waals surface area (Å²) in [6.45, 7) is 1.66. The smallest absolute Gasteiger partial charge is 0.231 e. The molecule has 1 aliphatic carbocycles. The third-order valence-electron chi connectivity index (χ3n) is 5.66. The number of carbonyl (C=O) groups excluding carboxylic acids is 1. The van der Waals surface area contributed by atoms with Crippen molar-refractivity contribution in [1.29, 1.82) is 0 Å². The predicted octanol–water partition coefficient (Wildman–Crippen LogP) is 4.19. The number of benzene rings is 1. The van der Waals surface area contributed by atoms with E-state index in [1.807, 2.05) is 30.3 Å². The van der Waals surface area contributed by atoms with Crippen LogP contribution in [0, 0.1) is 0 Å². The first-order valence-corrected chi connectivity index (χ1v) is 12.4. The molecule has 2 N–H and O–H groups in total. The number of carbonyl (C=O) groups is 1. The highest BCUT2D eigenvalue weighted by Crippen LogP contribution is 2.42. The molecule has 1 aromatic carbocycles. The largest absolute Gasteiger partial charge is 0.486 e. The van der Waals surface area contributed by atoms with Gasteiger partial charge in [0.2, 0.25) is 11.0 Å². The van der Waals surface area contributed by atoms with Gasteiger partial charge >= 0.3 is 0 Å². The Morgan fingerprint density at radius 2 is 1.97 bits per heavy atom. The zero-order valence-corrected chi connectivity index (χ0v) is 19.1. The molecule has 0 unspecified atom stereocenters. The molecule has 0 saturated heterocycles. The molecule has 1 saturated carbocycles. The Balaban J connectivity index is 1.19. The van der Waals surface area contributed by atoms with Crippen molar-refractivity contribution in [1.82, 2.24) is 15.5 Å². The molecule has 1 fully saturated rings. The van der Waals surface area contributed by atoms with Crippen molar-refractivity contribution in [3.63, 3.8) is 0 Å². The molecule has 2 aromatic heterocycles. The molecular weight excluding hydrogens is 448 g/mol. The van der Waals surface area contributed by atoms with Gasteiger partial charge in [0.25, 0.3) is 0 Å². The van der Waals surface area contributed by atoms with E-state index in [4.69, 9.17) is 13.9 Å². The molecule has 0 atom stereocenters. The quantitative estimate of drug-likeness (QED) is 0.471. The molecule has 3 aromatic rings. The third-order valence-corrected chi connectivity index (χ3v) is 7.67. The van der Waals surface area contributed by atoms with Gasteiger partial charge in [0, 0.05) is 0 Å². The molecule has 3 heterocycles. The van der Waals surface area contributed by atoms with Crippen molar-refractivity contribution in [2.45, 2.75) is 42.1 Å². The van der Waals surface area contributed by atoms with Gasteiger partial charge in [-0.15, -0.1) is 10.2 Å². The maximum Gasteiger partial charge on any atom is 0.231 e. The van der Waals surface area contributed by atoms with Gasteiger partial charge in [0.15, 0.2) is 15.8 Å². The molecule has 168 valence electrons. The van der Waals surface area contributed by atoms with Crippen LogP contribution >= 0.6 is 23.1 Å². The van der Waals surface area contributed by atoms with E-state index in [0.717, 1.165) is 52.8 Å². The number of hydrogen-bond donors (Lipinski definition) is 2. The number of rotatable bonds is 8. The van der Waals surface area contributed by atoms with Gasteiger partial charge in [-0.25, -0.2) is 0 Å². The lowest BCUT2D eigenvalue weighted by molar-refractivity contribution is -0.120. The second-order valence-electron chi connectivity index (χ2n) is 7.79. The standard InChI is InChI=1S/C22H24N4O4S2/c27-19(14-31-21-26-25-20(32-21)23-13-16-4-3-9-28-16)24-22(7-1-2-8-22)15-5-6-17-18(12-15)30-11-10-29-17/h3-6,9,12H,1-2,7-8,10-11,13-14H2,(H,23,25)(H,24,27). The Labute approximate surface area is 194 Å². The van der Waals surface area contributed by atoms with E-state index >= 15 is 0 Å². The monoisotopic (exact) mass is 472 g/mol. The Hall–Kier alpha value is -2.72. The first kappa shape index (κ1) is 21.1. The number of nitrogens with one attached hydrogen (secondary N) is 2. The van der Waals surface area contributed by atoms with Crippen molar-refractivity contribution in [3.8, 4) is 11.5 Å². The maximum absolute atomic E-state index is 12.9. The average Bonchev–Trinajstić information content (AvgIpc) is 3.59. The summed E-state index contributed by atoms with van der Waals surface area (Å²) in [5, 5.41) is 15.5. The van der Waals surface area contributed by atoms with Crippen molar-refractivity contribution in [3.05, 3.63) is 47.9 Å². The summed E-state index contributed by atoms with van der Waals surface area (Å²) < 4.78 is 17.5. The van der Waals surface area contributed by atoms with Gasteiger partial charge in [-0.3, -0.25) is 4.79 Å². The summed E-state index contributed by atoms with van der Waals surface area (Å²) in [7, 11) is 0. The van der Waals surface area contributed by atoms with Crippen molar-refractivity contribution in [2.75, 3.05) is 24.3 Å². The van der Waals surface area contributed by atoms with Crippen LogP contribution < -0.4 is 20.1 Å². The molecule has 32 heavy (non-hydrogen) atoms. The summed E-state index contributed by atoms with van der Waals surface area (Å²) >= 11 is 2.83. The van der Waals surface area contributed by atoms with Crippen LogP contribution in [0.4, 0.5) is 5.13 Å². The van der Waals surface area contributed by atoms with Gasteiger partial charge in [0.1, 0.15) is 19.0 Å². The lowest BCUT2D eigenvalue weighted by Crippen LogP contribution is -2.44. The fraction of sp³-hybridized carbons (Fsp3) is 0.409. The van der Waals surface area contributed by atoms with Gasteiger partial charge < -0.3 is 24.5 Å². The summed E-state index contributed by atoms with van der Waals surface area (Å²) in [4.78, 5) is 12.9. The number of ether oxygens (including phenoxy) is 2. The second kappa shape index (κ2) is 9.41. The number of nitrogens with zero attached hydrogens (tertiary/aromatic N) is 2. The average molecular weight is 473 g/mol. The van der Waals surface area contributed by atoms with Gasteiger partial charge in [0.05, 0.1) is 24.1 Å². The second-order valence-corrected chi connectivity index (χ2v) is 9.99. The van der Waals surface area contributed by atoms with Crippen LogP contribution in [0.3, 0.4) is 0 Å². The predicted molar refractivity (Wildman–Crippen MR) is 122 cm³/mol. The minimum atomic E-state index is -0.357. The van der Waals surface area contributed by atoms with Gasteiger partial charge in [-0.2, -0.15) is 0 Å². The van der Waals surface area contributed by atoms with Crippen molar-refractivity contribution < 1.29 is 18.7 Å². The minimum absolute atomic E-state index is 0.00733. The SMILES string of the molecule is O=C(CSc1nnc(NCc2ccco2)s1)NC1(c2ccc3c(c2)OCCO3)CCCC1. The number of furan rings is 1. The molecule has 0 radical (unpaired) electrons. The summed E-state index contributed by atoms with van der Waals surface area (Å²) in [6.07, 6.45) is 5.65. The van der Waals surface area contributed by atoms with Crippen molar-refractivity contribution >= 4 is 34.1 Å². The van der Waals surface area contributed by atoms with Crippen molar-refractivity contribution in [2.24, 2.45) is 0 Å². The molecule has 0 spiro atoms. The van der Waals surface area contributed by atoms with E-state index in [0.29, 0.717) is 30.6 Å². The summed E-state index contributed by atoms with van der Waals surface area (Å²) in [5.41, 5.74) is 0.725. The number of aromatic nitrogens is 2. The number of anilines is 1. The Morgan fingerprint density at radius 1 is 1.12 bits per heavy atom. The first-order valence-electron chi connectivity index (χ1n) is 10.6. The molecular formula is C22H24N4O4S2. The van der Waals surface area contributed by atoms with Gasteiger partial charge in [-0.1, -0.05) is 42.0 Å². The fourth-order valence-corrected chi connectivity index (χ4v) is 5.70. The lowest BCUT2D eigenvalue weighted by Gasteiger charge is -2.32. The van der Waals surface area contributed by atoms with Crippen LogP contribution in [-0.4, -0.2) is 35.1 Å². The molecule has 8 nitrogen and oxygen atoms in total. The zero-order valence-electron chi connectivity index (χ0n) is 17.5. The topological polar surface area (TPSA) is 98.5 Å². The Kier molecular flexibility index (Phi) is 6.22. The highest BCUT2D eigenvalue weighted by molar-refractivity contribution is 8.01. The van der Waals surface area contributed by atoms with Crippen LogP contribution in [0.25, 0.3) is 0 Å². The van der Waals surface area contributed by atoms with E-state index in [9.17, 15) is 4.79 Å². The molecule has 0 bridgehead atoms. The van der Waals surface area contributed by atoms with E-state index in [-0.39, 0.29) is 11.4 Å². The number of amides is 1. The first-order chi connectivity index (χ1) is 15.7. The molecule has 10 heteroatoms. The number of fused-ring (bicyclic) bond motifs is 1. The lowest BCUT2D eigenvalue weighted by atomic mass is 9.87. The van der Waals surface area contributed by atoms with Crippen LogP contribution in [0.1, 0.15) is 37.0 Å². The van der Waals surface area contributed by atoms with Gasteiger partial charge in [-0.05, 0) is 42.7 Å².